The van der Waals surface area contributed by atoms with Crippen LogP contribution >= 0.6 is 0 Å². The highest BCUT2D eigenvalue weighted by atomic mass is 19.1. The molecule has 0 unspecified atom stereocenters. The van der Waals surface area contributed by atoms with Crippen LogP contribution in [0.1, 0.15) is 49.3 Å². The second-order valence-corrected chi connectivity index (χ2v) is 9.06. The molecule has 34 heavy (non-hydrogen) atoms. The van der Waals surface area contributed by atoms with Gasteiger partial charge in [-0.05, 0) is 61.4 Å². The van der Waals surface area contributed by atoms with Crippen molar-refractivity contribution in [1.82, 2.24) is 14.6 Å². The van der Waals surface area contributed by atoms with Crippen LogP contribution in [-0.2, 0) is 16.2 Å². The first-order valence-electron chi connectivity index (χ1n) is 11.4. The van der Waals surface area contributed by atoms with E-state index in [1.165, 1.54) is 23.3 Å². The smallest absolute Gasteiger partial charge is 0.249 e. The Morgan fingerprint density at radius 3 is 2.50 bits per heavy atom. The van der Waals surface area contributed by atoms with E-state index in [2.05, 4.69) is 4.98 Å². The van der Waals surface area contributed by atoms with Gasteiger partial charge in [-0.25, -0.2) is 23.2 Å². The minimum atomic E-state index is -0.677. The maximum atomic E-state index is 14.2. The molecule has 0 spiro atoms. The van der Waals surface area contributed by atoms with Crippen LogP contribution in [0, 0.1) is 40.6 Å². The Bertz CT molecular complexity index is 1260. The molecule has 5 rings (SSSR count). The van der Waals surface area contributed by atoms with Crippen LogP contribution in [0.4, 0.5) is 13.2 Å². The van der Waals surface area contributed by atoms with Crippen molar-refractivity contribution in [3.8, 4) is 6.07 Å². The fourth-order valence-corrected chi connectivity index (χ4v) is 5.14. The van der Waals surface area contributed by atoms with Gasteiger partial charge in [0, 0.05) is 24.9 Å². The third kappa shape index (κ3) is 4.26. The van der Waals surface area contributed by atoms with Gasteiger partial charge in [0.05, 0.1) is 36.1 Å². The molecule has 2 heterocycles. The summed E-state index contributed by atoms with van der Waals surface area (Å²) in [6.07, 6.45) is 5.00. The topological polar surface area (TPSA) is 71.2 Å². The molecule has 3 aromatic rings. The minimum absolute atomic E-state index is 0.153. The number of aromatic nitrogens is 2. The monoisotopic (exact) mass is 468 g/mol. The molecule has 1 aromatic heterocycles. The number of imidazole rings is 1. The lowest BCUT2D eigenvalue weighted by molar-refractivity contribution is -0.183. The van der Waals surface area contributed by atoms with Gasteiger partial charge in [-0.1, -0.05) is 0 Å². The largest absolute Gasteiger partial charge is 0.330 e. The number of carbonyl (C=O) groups excluding carboxylic acids is 1. The standard InChI is InChI=1S/C25H23F3N4O2/c26-19-9-18(10-20(27)11-19)22-5-6-34-32(22)25(33)17-3-1-15(2-4-17)13-31-14-30-24-21(28)7-16(12-29)8-23(24)31/h7-11,14-15,17,22H,1-6,13H2/t15-,17-,22-/m0/s1. The van der Waals surface area contributed by atoms with Gasteiger partial charge < -0.3 is 4.57 Å². The molecule has 2 fully saturated rings. The maximum Gasteiger partial charge on any atom is 0.249 e. The highest BCUT2D eigenvalue weighted by Gasteiger charge is 2.37. The van der Waals surface area contributed by atoms with Gasteiger partial charge in [0.15, 0.2) is 5.82 Å². The Labute approximate surface area is 194 Å². The lowest BCUT2D eigenvalue weighted by Crippen LogP contribution is -2.37. The summed E-state index contributed by atoms with van der Waals surface area (Å²) in [5.41, 5.74) is 1.48. The van der Waals surface area contributed by atoms with Crippen LogP contribution in [-0.4, -0.2) is 27.1 Å². The Morgan fingerprint density at radius 2 is 1.79 bits per heavy atom. The zero-order valence-electron chi connectivity index (χ0n) is 18.4. The predicted molar refractivity (Wildman–Crippen MR) is 116 cm³/mol. The number of nitrogens with zero attached hydrogens (tertiary/aromatic N) is 4. The molecule has 176 valence electrons. The van der Waals surface area contributed by atoms with Crippen molar-refractivity contribution in [3.63, 3.8) is 0 Å². The van der Waals surface area contributed by atoms with E-state index in [1.807, 2.05) is 10.6 Å². The summed E-state index contributed by atoms with van der Waals surface area (Å²) in [5.74, 6) is -1.97. The van der Waals surface area contributed by atoms with E-state index >= 15 is 0 Å². The quantitative estimate of drug-likeness (QED) is 0.538. The van der Waals surface area contributed by atoms with Crippen LogP contribution < -0.4 is 0 Å². The van der Waals surface area contributed by atoms with Gasteiger partial charge in [-0.2, -0.15) is 5.26 Å². The van der Waals surface area contributed by atoms with E-state index in [0.29, 0.717) is 43.5 Å². The highest BCUT2D eigenvalue weighted by molar-refractivity contribution is 5.79. The minimum Gasteiger partial charge on any atom is -0.330 e. The molecule has 0 N–H and O–H groups in total. The number of amides is 1. The number of benzene rings is 2. The Balaban J connectivity index is 1.24. The van der Waals surface area contributed by atoms with Crippen molar-refractivity contribution < 1.29 is 22.8 Å². The number of halogens is 3. The SMILES string of the molecule is N#Cc1cc(F)c2ncn(C[C@H]3CC[C@H](C(=O)N4OCC[C@H]4c4cc(F)cc(F)c4)CC3)c2c1. The molecule has 2 aromatic carbocycles. The van der Waals surface area contributed by atoms with Gasteiger partial charge in [-0.15, -0.1) is 0 Å². The van der Waals surface area contributed by atoms with Gasteiger partial charge >= 0.3 is 0 Å². The van der Waals surface area contributed by atoms with E-state index in [1.54, 1.807) is 12.4 Å². The predicted octanol–water partition coefficient (Wildman–Crippen LogP) is 5.04. The Hall–Kier alpha value is -3.38. The Morgan fingerprint density at radius 1 is 1.06 bits per heavy atom. The first-order chi connectivity index (χ1) is 16.4. The summed E-state index contributed by atoms with van der Waals surface area (Å²) >= 11 is 0. The number of carbonyl (C=O) groups is 1. The van der Waals surface area contributed by atoms with Crippen molar-refractivity contribution in [2.45, 2.75) is 44.7 Å². The third-order valence-corrected chi connectivity index (χ3v) is 6.85. The van der Waals surface area contributed by atoms with E-state index < -0.39 is 23.5 Å². The van der Waals surface area contributed by atoms with Crippen molar-refractivity contribution in [3.05, 3.63) is 65.2 Å². The third-order valence-electron chi connectivity index (χ3n) is 6.85. The summed E-state index contributed by atoms with van der Waals surface area (Å²) in [5, 5.41) is 10.4. The number of hydroxylamine groups is 2. The van der Waals surface area contributed by atoms with E-state index in [-0.39, 0.29) is 28.8 Å². The lowest BCUT2D eigenvalue weighted by atomic mass is 9.81. The molecule has 9 heteroatoms. The number of hydrogen-bond acceptors (Lipinski definition) is 4. The summed E-state index contributed by atoms with van der Waals surface area (Å²) in [4.78, 5) is 22.9. The first-order valence-corrected chi connectivity index (χ1v) is 11.4. The van der Waals surface area contributed by atoms with Gasteiger partial charge in [0.2, 0.25) is 5.91 Å². The maximum absolute atomic E-state index is 14.2. The normalized spacial score (nSPS) is 22.8. The highest BCUT2D eigenvalue weighted by Crippen LogP contribution is 2.37. The molecule has 0 radical (unpaired) electrons. The van der Waals surface area contributed by atoms with Crippen LogP contribution in [0.15, 0.2) is 36.7 Å². The molecular formula is C25H23F3N4O2. The average molecular weight is 468 g/mol. The second kappa shape index (κ2) is 9.11. The fraction of sp³-hybridized carbons (Fsp3) is 0.400. The molecule has 2 aliphatic rings. The summed E-state index contributed by atoms with van der Waals surface area (Å²) in [6.45, 7) is 0.940. The fourth-order valence-electron chi connectivity index (χ4n) is 5.14. The molecule has 1 saturated carbocycles. The molecule has 0 bridgehead atoms. The van der Waals surface area contributed by atoms with Crippen LogP contribution in [0.3, 0.4) is 0 Å². The Kier molecular flexibility index (Phi) is 6.00. The zero-order valence-corrected chi connectivity index (χ0v) is 18.4. The van der Waals surface area contributed by atoms with Crippen LogP contribution in [0.25, 0.3) is 11.0 Å². The molecule has 6 nitrogen and oxygen atoms in total. The zero-order chi connectivity index (χ0) is 23.8. The van der Waals surface area contributed by atoms with Crippen molar-refractivity contribution in [1.29, 1.82) is 5.26 Å². The van der Waals surface area contributed by atoms with Gasteiger partial charge in [0.1, 0.15) is 17.2 Å². The van der Waals surface area contributed by atoms with Gasteiger partial charge in [0.25, 0.3) is 0 Å². The van der Waals surface area contributed by atoms with E-state index in [9.17, 15) is 18.0 Å². The molecule has 1 atom stereocenters. The molecule has 1 aliphatic heterocycles. The first kappa shape index (κ1) is 22.4. The summed E-state index contributed by atoms with van der Waals surface area (Å²) in [6, 6.07) is 7.59. The van der Waals surface area contributed by atoms with E-state index in [4.69, 9.17) is 10.1 Å². The average Bonchev–Trinajstić information content (AvgIpc) is 3.46. The van der Waals surface area contributed by atoms with Crippen molar-refractivity contribution in [2.24, 2.45) is 11.8 Å². The number of rotatable bonds is 4. The summed E-state index contributed by atoms with van der Waals surface area (Å²) < 4.78 is 43.4. The van der Waals surface area contributed by atoms with Gasteiger partial charge in [-0.3, -0.25) is 9.63 Å². The molecular weight excluding hydrogens is 445 g/mol. The van der Waals surface area contributed by atoms with Crippen LogP contribution in [0.5, 0.6) is 0 Å². The number of hydrogen-bond donors (Lipinski definition) is 0. The summed E-state index contributed by atoms with van der Waals surface area (Å²) in [7, 11) is 0. The van der Waals surface area contributed by atoms with E-state index in [0.717, 1.165) is 18.9 Å². The van der Waals surface area contributed by atoms with Crippen molar-refractivity contribution in [2.75, 3.05) is 6.61 Å². The number of nitriles is 1. The number of fused-ring (bicyclic) bond motifs is 1. The van der Waals surface area contributed by atoms with Crippen LogP contribution in [0.2, 0.25) is 0 Å². The lowest BCUT2D eigenvalue weighted by Gasteiger charge is -2.32. The molecule has 1 saturated heterocycles. The molecule has 1 aliphatic carbocycles. The molecule has 1 amide bonds. The second-order valence-electron chi connectivity index (χ2n) is 9.06. The van der Waals surface area contributed by atoms with Crippen molar-refractivity contribution >= 4 is 16.9 Å².